The maximum absolute atomic E-state index is 12.3. The highest BCUT2D eigenvalue weighted by Crippen LogP contribution is 2.20. The number of ether oxygens (including phenoxy) is 2. The molecule has 2 N–H and O–H groups in total. The predicted molar refractivity (Wildman–Crippen MR) is 101 cm³/mol. The molecule has 0 bridgehead atoms. The van der Waals surface area contributed by atoms with Crippen molar-refractivity contribution in [1.82, 2.24) is 4.98 Å². The van der Waals surface area contributed by atoms with Gasteiger partial charge in [0.15, 0.2) is 6.61 Å². The van der Waals surface area contributed by atoms with Crippen molar-refractivity contribution >= 4 is 23.5 Å². The largest absolute Gasteiger partial charge is 0.462 e. The van der Waals surface area contributed by atoms with E-state index in [0.717, 1.165) is 12.0 Å². The first-order chi connectivity index (χ1) is 12.9. The maximum Gasteiger partial charge on any atom is 0.355 e. The fourth-order valence-corrected chi connectivity index (χ4v) is 2.69. The monoisotopic (exact) mass is 372 g/mol. The highest BCUT2D eigenvalue weighted by molar-refractivity contribution is 5.99. The zero-order valence-corrected chi connectivity index (χ0v) is 16.0. The maximum atomic E-state index is 12.3. The third kappa shape index (κ3) is 4.97. The smallest absolute Gasteiger partial charge is 0.355 e. The average molecular weight is 372 g/mol. The zero-order valence-electron chi connectivity index (χ0n) is 16.0. The van der Waals surface area contributed by atoms with E-state index in [1.807, 2.05) is 19.1 Å². The van der Waals surface area contributed by atoms with Gasteiger partial charge in [-0.05, 0) is 50.5 Å². The van der Waals surface area contributed by atoms with E-state index in [2.05, 4.69) is 10.3 Å². The second kappa shape index (κ2) is 9.02. The molecule has 1 aromatic heterocycles. The highest BCUT2D eigenvalue weighted by Gasteiger charge is 2.24. The van der Waals surface area contributed by atoms with Gasteiger partial charge in [-0.25, -0.2) is 9.59 Å². The SMILES string of the molecule is CCOC(=O)c1c(C)[nH]c(C(=O)OCC(=O)Nc2ccc(CC)cc2)c1C. The standard InChI is InChI=1S/C20H24N2O5/c1-5-14-7-9-15(10-8-14)22-16(23)11-27-20(25)18-12(3)17(13(4)21-18)19(24)26-6-2/h7-10,21H,5-6,11H2,1-4H3,(H,22,23). The second-order valence-corrected chi connectivity index (χ2v) is 6.02. The van der Waals surface area contributed by atoms with Crippen LogP contribution in [0.3, 0.4) is 0 Å². The Morgan fingerprint density at radius 2 is 1.67 bits per heavy atom. The molecule has 1 heterocycles. The van der Waals surface area contributed by atoms with Crippen LogP contribution in [0.25, 0.3) is 0 Å². The van der Waals surface area contributed by atoms with Gasteiger partial charge in [-0.3, -0.25) is 4.79 Å². The fraction of sp³-hybridized carbons (Fsp3) is 0.350. The Bertz CT molecular complexity index is 837. The van der Waals surface area contributed by atoms with Gasteiger partial charge in [0, 0.05) is 11.4 Å². The van der Waals surface area contributed by atoms with Gasteiger partial charge in [0.1, 0.15) is 5.69 Å². The topological polar surface area (TPSA) is 97.5 Å². The van der Waals surface area contributed by atoms with E-state index in [9.17, 15) is 14.4 Å². The zero-order chi connectivity index (χ0) is 20.0. The number of H-pyrrole nitrogens is 1. The molecule has 1 aromatic carbocycles. The number of aromatic amines is 1. The highest BCUT2D eigenvalue weighted by atomic mass is 16.5. The van der Waals surface area contributed by atoms with Gasteiger partial charge in [0.25, 0.3) is 5.91 Å². The van der Waals surface area contributed by atoms with Crippen molar-refractivity contribution in [3.05, 3.63) is 52.3 Å². The minimum Gasteiger partial charge on any atom is -0.462 e. The summed E-state index contributed by atoms with van der Waals surface area (Å²) >= 11 is 0. The molecule has 0 aliphatic carbocycles. The lowest BCUT2D eigenvalue weighted by Gasteiger charge is -2.07. The molecule has 7 heteroatoms. The van der Waals surface area contributed by atoms with Crippen molar-refractivity contribution in [1.29, 1.82) is 0 Å². The number of benzene rings is 1. The van der Waals surface area contributed by atoms with Crippen LogP contribution in [0.5, 0.6) is 0 Å². The Hall–Kier alpha value is -3.09. The Labute approximate surface area is 158 Å². The van der Waals surface area contributed by atoms with Crippen LogP contribution in [-0.2, 0) is 20.7 Å². The van der Waals surface area contributed by atoms with E-state index >= 15 is 0 Å². The molecule has 2 aromatic rings. The lowest BCUT2D eigenvalue weighted by atomic mass is 10.1. The van der Waals surface area contributed by atoms with Gasteiger partial charge < -0.3 is 19.8 Å². The molecule has 0 saturated heterocycles. The van der Waals surface area contributed by atoms with Crippen LogP contribution in [0.4, 0.5) is 5.69 Å². The second-order valence-electron chi connectivity index (χ2n) is 6.02. The van der Waals surface area contributed by atoms with Crippen molar-refractivity contribution in [2.45, 2.75) is 34.1 Å². The van der Waals surface area contributed by atoms with Gasteiger partial charge >= 0.3 is 11.9 Å². The van der Waals surface area contributed by atoms with Gasteiger partial charge in [-0.15, -0.1) is 0 Å². The number of nitrogens with one attached hydrogen (secondary N) is 2. The van der Waals surface area contributed by atoms with Crippen LogP contribution in [0, 0.1) is 13.8 Å². The molecule has 0 aliphatic rings. The van der Waals surface area contributed by atoms with Crippen LogP contribution < -0.4 is 5.32 Å². The number of rotatable bonds is 7. The van der Waals surface area contributed by atoms with Gasteiger partial charge in [0.2, 0.25) is 0 Å². The number of carbonyl (C=O) groups excluding carboxylic acids is 3. The summed E-state index contributed by atoms with van der Waals surface area (Å²) in [6.45, 7) is 6.86. The molecule has 0 fully saturated rings. The summed E-state index contributed by atoms with van der Waals surface area (Å²) in [5, 5.41) is 2.67. The normalized spacial score (nSPS) is 10.4. The van der Waals surface area contributed by atoms with E-state index in [-0.39, 0.29) is 12.3 Å². The first-order valence-electron chi connectivity index (χ1n) is 8.79. The quantitative estimate of drug-likeness (QED) is 0.728. The molecule has 0 aliphatic heterocycles. The number of carbonyl (C=O) groups is 3. The van der Waals surface area contributed by atoms with Gasteiger partial charge in [-0.1, -0.05) is 19.1 Å². The van der Waals surface area contributed by atoms with E-state index < -0.39 is 24.5 Å². The van der Waals surface area contributed by atoms with E-state index in [1.54, 1.807) is 32.9 Å². The summed E-state index contributed by atoms with van der Waals surface area (Å²) in [6.07, 6.45) is 0.911. The summed E-state index contributed by atoms with van der Waals surface area (Å²) in [6, 6.07) is 7.43. The van der Waals surface area contributed by atoms with Crippen molar-refractivity contribution < 1.29 is 23.9 Å². The number of amides is 1. The molecular weight excluding hydrogens is 348 g/mol. The minimum absolute atomic E-state index is 0.135. The van der Waals surface area contributed by atoms with Crippen LogP contribution in [0.15, 0.2) is 24.3 Å². The molecule has 0 unspecified atom stereocenters. The number of aryl methyl sites for hydroxylation is 2. The fourth-order valence-electron chi connectivity index (χ4n) is 2.69. The van der Waals surface area contributed by atoms with E-state index in [1.165, 1.54) is 0 Å². The third-order valence-corrected chi connectivity index (χ3v) is 4.10. The molecule has 27 heavy (non-hydrogen) atoms. The number of esters is 2. The number of hydrogen-bond donors (Lipinski definition) is 2. The summed E-state index contributed by atoms with van der Waals surface area (Å²) in [5.74, 6) is -1.65. The van der Waals surface area contributed by atoms with Gasteiger partial charge in [0.05, 0.1) is 12.2 Å². The van der Waals surface area contributed by atoms with E-state index in [4.69, 9.17) is 9.47 Å². The van der Waals surface area contributed by atoms with Gasteiger partial charge in [-0.2, -0.15) is 0 Å². The number of aromatic nitrogens is 1. The van der Waals surface area contributed by atoms with Crippen molar-refractivity contribution in [3.63, 3.8) is 0 Å². The lowest BCUT2D eigenvalue weighted by molar-refractivity contribution is -0.119. The Kier molecular flexibility index (Phi) is 6.76. The van der Waals surface area contributed by atoms with Crippen molar-refractivity contribution in [2.24, 2.45) is 0 Å². The lowest BCUT2D eigenvalue weighted by Crippen LogP contribution is -2.21. The predicted octanol–water partition coefficient (Wildman–Crippen LogP) is 3.17. The molecule has 144 valence electrons. The van der Waals surface area contributed by atoms with Crippen LogP contribution in [0.2, 0.25) is 0 Å². The Balaban J connectivity index is 1.97. The molecule has 0 saturated carbocycles. The Morgan fingerprint density at radius 3 is 2.26 bits per heavy atom. The third-order valence-electron chi connectivity index (χ3n) is 4.10. The number of hydrogen-bond acceptors (Lipinski definition) is 5. The summed E-state index contributed by atoms with van der Waals surface area (Å²) in [4.78, 5) is 39.1. The molecule has 0 atom stereocenters. The van der Waals surface area contributed by atoms with Crippen molar-refractivity contribution in [2.75, 3.05) is 18.5 Å². The molecule has 1 amide bonds. The molecule has 7 nitrogen and oxygen atoms in total. The van der Waals surface area contributed by atoms with E-state index in [0.29, 0.717) is 22.5 Å². The number of anilines is 1. The summed E-state index contributed by atoms with van der Waals surface area (Å²) in [5.41, 5.74) is 3.18. The van der Waals surface area contributed by atoms with Crippen LogP contribution >= 0.6 is 0 Å². The van der Waals surface area contributed by atoms with Crippen LogP contribution in [-0.4, -0.2) is 36.0 Å². The molecule has 0 radical (unpaired) electrons. The first-order valence-corrected chi connectivity index (χ1v) is 8.79. The summed E-state index contributed by atoms with van der Waals surface area (Å²) < 4.78 is 10.1. The van der Waals surface area contributed by atoms with Crippen molar-refractivity contribution in [3.8, 4) is 0 Å². The van der Waals surface area contributed by atoms with Crippen LogP contribution in [0.1, 0.15) is 51.5 Å². The average Bonchev–Trinajstić information content (AvgIpc) is 2.95. The summed E-state index contributed by atoms with van der Waals surface area (Å²) in [7, 11) is 0. The first kappa shape index (κ1) is 20.2. The minimum atomic E-state index is -0.706. The molecule has 0 spiro atoms. The molecular formula is C20H24N2O5. The molecule has 2 rings (SSSR count). The Morgan fingerprint density at radius 1 is 1.00 bits per heavy atom.